The molecule has 0 saturated carbocycles. The van der Waals surface area contributed by atoms with Crippen LogP contribution in [0.25, 0.3) is 10.9 Å². The number of aromatic nitrogens is 1. The minimum absolute atomic E-state index is 0.152. The van der Waals surface area contributed by atoms with Gasteiger partial charge in [0.25, 0.3) is 0 Å². The van der Waals surface area contributed by atoms with E-state index in [0.29, 0.717) is 36.2 Å². The summed E-state index contributed by atoms with van der Waals surface area (Å²) < 4.78 is 32.2. The number of hydrogen-bond acceptors (Lipinski definition) is 5. The summed E-state index contributed by atoms with van der Waals surface area (Å²) >= 11 is 0. The van der Waals surface area contributed by atoms with Crippen molar-refractivity contribution in [2.75, 3.05) is 26.0 Å². The first-order chi connectivity index (χ1) is 10.1. The number of nitrogens with two attached hydrogens (primary N) is 1. The van der Waals surface area contributed by atoms with Gasteiger partial charge in [-0.3, -0.25) is 4.98 Å². The van der Waals surface area contributed by atoms with Crippen LogP contribution in [0.1, 0.15) is 12.8 Å². The number of benzene rings is 1. The molecule has 114 valence electrons. The van der Waals surface area contributed by atoms with E-state index in [1.54, 1.807) is 31.5 Å². The minimum Gasteiger partial charge on any atom is -0.398 e. The molecule has 21 heavy (non-hydrogen) atoms. The van der Waals surface area contributed by atoms with Crippen LogP contribution >= 0.6 is 0 Å². The Morgan fingerprint density at radius 3 is 2.86 bits per heavy atom. The Balaban J connectivity index is 2.23. The topological polar surface area (TPSA) is 94.3 Å². The summed E-state index contributed by atoms with van der Waals surface area (Å²) in [5.41, 5.74) is 6.76. The summed E-state index contributed by atoms with van der Waals surface area (Å²) in [6.45, 7) is 0.985. The molecule has 0 saturated heterocycles. The van der Waals surface area contributed by atoms with Crippen LogP contribution in [0.2, 0.25) is 0 Å². The maximum atomic E-state index is 12.4. The third kappa shape index (κ3) is 3.69. The normalized spacial score (nSPS) is 11.9. The molecule has 0 radical (unpaired) electrons. The second kappa shape index (κ2) is 6.84. The fourth-order valence-electron chi connectivity index (χ4n) is 2.04. The van der Waals surface area contributed by atoms with Crippen LogP contribution in [0.4, 0.5) is 5.69 Å². The standard InChI is InChI=1S/C14H19N3O3S/c1-20-10-3-2-9-17-21(18,19)13-7-6-12(15)11-5-4-8-16-14(11)13/h4-8,17H,2-3,9-10,15H2,1H3. The average molecular weight is 309 g/mol. The lowest BCUT2D eigenvalue weighted by molar-refractivity contribution is 0.193. The van der Waals surface area contributed by atoms with Crippen molar-refractivity contribution in [1.82, 2.24) is 9.71 Å². The summed E-state index contributed by atoms with van der Waals surface area (Å²) in [7, 11) is -1.98. The zero-order valence-electron chi connectivity index (χ0n) is 11.9. The highest BCUT2D eigenvalue weighted by molar-refractivity contribution is 7.89. The van der Waals surface area contributed by atoms with Gasteiger partial charge in [0.05, 0.1) is 5.52 Å². The number of pyridine rings is 1. The molecule has 0 aliphatic heterocycles. The van der Waals surface area contributed by atoms with Crippen LogP contribution in [0, 0.1) is 0 Å². The first-order valence-electron chi connectivity index (χ1n) is 6.68. The number of ether oxygens (including phenoxy) is 1. The van der Waals surface area contributed by atoms with Crippen molar-refractivity contribution in [3.63, 3.8) is 0 Å². The van der Waals surface area contributed by atoms with Gasteiger partial charge >= 0.3 is 0 Å². The molecule has 0 unspecified atom stereocenters. The van der Waals surface area contributed by atoms with Gasteiger partial charge < -0.3 is 10.5 Å². The molecule has 1 aromatic carbocycles. The van der Waals surface area contributed by atoms with Crippen molar-refractivity contribution in [2.24, 2.45) is 0 Å². The predicted octanol–water partition coefficient (Wildman–Crippen LogP) is 1.52. The summed E-state index contributed by atoms with van der Waals surface area (Å²) in [4.78, 5) is 4.30. The van der Waals surface area contributed by atoms with Crippen LogP contribution in [0.15, 0.2) is 35.4 Å². The number of rotatable bonds is 7. The van der Waals surface area contributed by atoms with Gasteiger partial charge in [0, 0.05) is 37.5 Å². The van der Waals surface area contributed by atoms with Gasteiger partial charge in [-0.15, -0.1) is 0 Å². The third-order valence-corrected chi connectivity index (χ3v) is 4.62. The number of nitrogens with zero attached hydrogens (tertiary/aromatic N) is 1. The van der Waals surface area contributed by atoms with Gasteiger partial charge in [-0.2, -0.15) is 0 Å². The Morgan fingerprint density at radius 2 is 2.10 bits per heavy atom. The van der Waals surface area contributed by atoms with E-state index >= 15 is 0 Å². The van der Waals surface area contributed by atoms with E-state index in [2.05, 4.69) is 9.71 Å². The van der Waals surface area contributed by atoms with Crippen LogP contribution in [-0.2, 0) is 14.8 Å². The first kappa shape index (κ1) is 15.7. The lowest BCUT2D eigenvalue weighted by atomic mass is 10.2. The smallest absolute Gasteiger partial charge is 0.242 e. The second-order valence-electron chi connectivity index (χ2n) is 4.65. The number of unbranched alkanes of at least 4 members (excludes halogenated alkanes) is 1. The van der Waals surface area contributed by atoms with E-state index in [0.717, 1.165) is 6.42 Å². The fraction of sp³-hybridized carbons (Fsp3) is 0.357. The maximum Gasteiger partial charge on any atom is 0.242 e. The lowest BCUT2D eigenvalue weighted by Gasteiger charge is -2.10. The summed E-state index contributed by atoms with van der Waals surface area (Å²) in [6, 6.07) is 6.56. The van der Waals surface area contributed by atoms with E-state index < -0.39 is 10.0 Å². The molecule has 0 aliphatic carbocycles. The van der Waals surface area contributed by atoms with Crippen LogP contribution in [-0.4, -0.2) is 33.7 Å². The Hall–Kier alpha value is -1.70. The molecular formula is C14H19N3O3S. The molecule has 2 rings (SSSR count). The highest BCUT2D eigenvalue weighted by atomic mass is 32.2. The summed E-state index contributed by atoms with van der Waals surface area (Å²) in [5, 5.41) is 0.639. The zero-order chi connectivity index (χ0) is 15.3. The third-order valence-electron chi connectivity index (χ3n) is 3.12. The van der Waals surface area contributed by atoms with Crippen LogP contribution in [0.5, 0.6) is 0 Å². The molecule has 7 heteroatoms. The van der Waals surface area contributed by atoms with Gasteiger partial charge in [-0.25, -0.2) is 13.1 Å². The van der Waals surface area contributed by atoms with Crippen molar-refractivity contribution in [3.8, 4) is 0 Å². The molecule has 1 heterocycles. The number of anilines is 1. The Bertz CT molecular complexity index is 716. The largest absolute Gasteiger partial charge is 0.398 e. The van der Waals surface area contributed by atoms with Gasteiger partial charge in [0.15, 0.2) is 0 Å². The Kier molecular flexibility index (Phi) is 5.11. The lowest BCUT2D eigenvalue weighted by Crippen LogP contribution is -2.25. The fourth-order valence-corrected chi connectivity index (χ4v) is 3.27. The van der Waals surface area contributed by atoms with Gasteiger partial charge in [0.1, 0.15) is 4.90 Å². The highest BCUT2D eigenvalue weighted by Gasteiger charge is 2.18. The molecule has 6 nitrogen and oxygen atoms in total. The number of hydrogen-bond donors (Lipinski definition) is 2. The molecule has 1 aromatic heterocycles. The van der Waals surface area contributed by atoms with E-state index in [1.165, 1.54) is 6.07 Å². The molecule has 0 spiro atoms. The van der Waals surface area contributed by atoms with Crippen molar-refractivity contribution < 1.29 is 13.2 Å². The van der Waals surface area contributed by atoms with Gasteiger partial charge in [-0.1, -0.05) is 0 Å². The monoisotopic (exact) mass is 309 g/mol. The van der Waals surface area contributed by atoms with Crippen molar-refractivity contribution in [3.05, 3.63) is 30.5 Å². The van der Waals surface area contributed by atoms with E-state index in [-0.39, 0.29) is 4.90 Å². The van der Waals surface area contributed by atoms with Gasteiger partial charge in [0.2, 0.25) is 10.0 Å². The van der Waals surface area contributed by atoms with Crippen LogP contribution in [0.3, 0.4) is 0 Å². The molecule has 3 N–H and O–H groups in total. The predicted molar refractivity (Wildman–Crippen MR) is 82.5 cm³/mol. The molecule has 0 amide bonds. The second-order valence-corrected chi connectivity index (χ2v) is 6.39. The Labute approximate surface area is 124 Å². The molecule has 0 aliphatic rings. The van der Waals surface area contributed by atoms with E-state index in [1.807, 2.05) is 0 Å². The number of nitrogens with one attached hydrogen (secondary N) is 1. The molecular weight excluding hydrogens is 290 g/mol. The van der Waals surface area contributed by atoms with Crippen molar-refractivity contribution in [1.29, 1.82) is 0 Å². The van der Waals surface area contributed by atoms with Crippen LogP contribution < -0.4 is 10.5 Å². The summed E-state index contributed by atoms with van der Waals surface area (Å²) in [6.07, 6.45) is 3.08. The quantitative estimate of drug-likeness (QED) is 0.597. The summed E-state index contributed by atoms with van der Waals surface area (Å²) in [5.74, 6) is 0. The highest BCUT2D eigenvalue weighted by Crippen LogP contribution is 2.25. The molecule has 0 fully saturated rings. The number of fused-ring (bicyclic) bond motifs is 1. The number of methoxy groups -OCH3 is 1. The molecule has 2 aromatic rings. The molecule has 0 atom stereocenters. The Morgan fingerprint density at radius 1 is 1.29 bits per heavy atom. The number of nitrogen functional groups attached to an aromatic ring is 1. The first-order valence-corrected chi connectivity index (χ1v) is 8.16. The SMILES string of the molecule is COCCCCNS(=O)(=O)c1ccc(N)c2cccnc12. The van der Waals surface area contributed by atoms with E-state index in [4.69, 9.17) is 10.5 Å². The van der Waals surface area contributed by atoms with E-state index in [9.17, 15) is 8.42 Å². The minimum atomic E-state index is -3.60. The molecule has 0 bridgehead atoms. The van der Waals surface area contributed by atoms with Gasteiger partial charge in [-0.05, 0) is 37.1 Å². The number of sulfonamides is 1. The zero-order valence-corrected chi connectivity index (χ0v) is 12.7. The van der Waals surface area contributed by atoms with Crippen molar-refractivity contribution in [2.45, 2.75) is 17.7 Å². The average Bonchev–Trinajstić information content (AvgIpc) is 2.47. The maximum absolute atomic E-state index is 12.4. The van der Waals surface area contributed by atoms with Crippen molar-refractivity contribution >= 4 is 26.6 Å².